The highest BCUT2D eigenvalue weighted by molar-refractivity contribution is 6.32. The second kappa shape index (κ2) is 7.14. The highest BCUT2D eigenvalue weighted by Gasteiger charge is 2.42. The van der Waals surface area contributed by atoms with Crippen LogP contribution in [0.5, 0.6) is 5.75 Å². The number of anilines is 1. The molecular formula is C15H6ClF7NO3-. The minimum atomic E-state index is -5.67. The number of nitrogens with one attached hydrogen (secondary N) is 1. The molecule has 12 heteroatoms. The molecule has 2 aromatic carbocycles. The van der Waals surface area contributed by atoms with Crippen LogP contribution in [-0.4, -0.2) is 11.1 Å². The Bertz CT molecular complexity index is 902. The van der Waals surface area contributed by atoms with E-state index in [9.17, 15) is 40.6 Å². The first-order valence-electron chi connectivity index (χ1n) is 6.76. The van der Waals surface area contributed by atoms with E-state index in [4.69, 9.17) is 16.7 Å². The van der Waals surface area contributed by atoms with Gasteiger partial charge in [0.05, 0.1) is 5.56 Å². The number of alkyl halides is 3. The van der Waals surface area contributed by atoms with Crippen LogP contribution in [0.4, 0.5) is 36.4 Å². The lowest BCUT2D eigenvalue weighted by Gasteiger charge is -2.17. The monoisotopic (exact) mass is 416 g/mol. The maximum atomic E-state index is 13.8. The first-order chi connectivity index (χ1) is 12.4. The lowest BCUT2D eigenvalue weighted by molar-refractivity contribution is -0.268. The van der Waals surface area contributed by atoms with Gasteiger partial charge < -0.3 is 15.5 Å². The summed E-state index contributed by atoms with van der Waals surface area (Å²) in [4.78, 5) is 10.9. The van der Waals surface area contributed by atoms with Gasteiger partial charge in [-0.1, -0.05) is 17.4 Å². The van der Waals surface area contributed by atoms with E-state index in [-0.39, 0.29) is 5.69 Å². The molecule has 0 bridgehead atoms. The molecule has 0 aliphatic carbocycles. The predicted molar refractivity (Wildman–Crippen MR) is 76.5 cm³/mol. The van der Waals surface area contributed by atoms with Crippen molar-refractivity contribution < 1.29 is 45.7 Å². The molecule has 0 spiro atoms. The van der Waals surface area contributed by atoms with Crippen molar-refractivity contribution in [3.8, 4) is 5.75 Å². The quantitative estimate of drug-likeness (QED) is 0.576. The summed E-state index contributed by atoms with van der Waals surface area (Å²) in [6.45, 7) is -1.07. The fraction of sp³-hybridized carbons (Fsp3) is 0.133. The number of aromatic carboxylic acids is 1. The molecule has 0 aliphatic heterocycles. The van der Waals surface area contributed by atoms with Gasteiger partial charge in [0.1, 0.15) is 5.56 Å². The molecule has 0 saturated heterocycles. The van der Waals surface area contributed by atoms with Crippen molar-refractivity contribution in [2.75, 3.05) is 5.32 Å². The van der Waals surface area contributed by atoms with Gasteiger partial charge in [-0.15, -0.1) is 0 Å². The summed E-state index contributed by atoms with van der Waals surface area (Å²) in [5.74, 6) is -12.5. The molecule has 0 aromatic heterocycles. The Morgan fingerprint density at radius 1 is 1.07 bits per heavy atom. The maximum absolute atomic E-state index is 13.8. The summed E-state index contributed by atoms with van der Waals surface area (Å²) in [6.07, 6.45) is -5.67. The van der Waals surface area contributed by atoms with E-state index in [0.29, 0.717) is 0 Å². The van der Waals surface area contributed by atoms with Crippen molar-refractivity contribution >= 4 is 23.3 Å². The van der Waals surface area contributed by atoms with Crippen LogP contribution in [0.25, 0.3) is 0 Å². The summed E-state index contributed by atoms with van der Waals surface area (Å²) in [5, 5.41) is 21.9. The number of hydrogen-bond donors (Lipinski definition) is 2. The Morgan fingerprint density at radius 2 is 1.59 bits per heavy atom. The van der Waals surface area contributed by atoms with Crippen LogP contribution >= 0.6 is 11.6 Å². The van der Waals surface area contributed by atoms with E-state index in [1.165, 1.54) is 0 Å². The topological polar surface area (TPSA) is 72.4 Å². The zero-order chi connectivity index (χ0) is 20.7. The fourth-order valence-electron chi connectivity index (χ4n) is 2.13. The average molecular weight is 417 g/mol. The highest BCUT2D eigenvalue weighted by Crippen LogP contribution is 2.37. The molecular weight excluding hydrogens is 411 g/mol. The zero-order valence-corrected chi connectivity index (χ0v) is 13.4. The van der Waals surface area contributed by atoms with Crippen LogP contribution < -0.4 is 10.4 Å². The molecule has 0 saturated carbocycles. The normalized spacial score (nSPS) is 11.6. The molecule has 27 heavy (non-hydrogen) atoms. The van der Waals surface area contributed by atoms with E-state index >= 15 is 0 Å². The number of benzene rings is 2. The number of carboxylic acid groups (broad SMARTS) is 1. The summed E-state index contributed by atoms with van der Waals surface area (Å²) in [7, 11) is 0. The average Bonchev–Trinajstić information content (AvgIpc) is 2.54. The molecule has 0 heterocycles. The largest absolute Gasteiger partial charge is 0.871 e. The molecule has 0 aliphatic rings. The minimum Gasteiger partial charge on any atom is -0.871 e. The van der Waals surface area contributed by atoms with Crippen molar-refractivity contribution in [2.24, 2.45) is 0 Å². The Labute approximate surface area is 150 Å². The molecule has 0 fully saturated rings. The van der Waals surface area contributed by atoms with Gasteiger partial charge in [-0.05, 0) is 12.1 Å². The molecule has 2 aromatic rings. The molecule has 0 unspecified atom stereocenters. The molecule has 146 valence electrons. The SMILES string of the molecule is O=C(O)c1cc(NCc2c(F)c(F)c(C(F)(F)F)c(F)c2F)cc(Cl)c1[O-]. The Kier molecular flexibility index (Phi) is 5.45. The predicted octanol–water partition coefficient (Wildman–Crippen LogP) is 4.30. The standard InChI is InChI=1S/C15H7ClF7NO3/c16-7-2-4(1-5(13(7)25)14(26)27)24-3-6-9(17)11(19)8(15(21,22)23)12(20)10(6)18/h1-2,24-25H,3H2,(H,26,27)/p-1. The first kappa shape index (κ1) is 20.6. The number of halogens is 8. The highest BCUT2D eigenvalue weighted by atomic mass is 35.5. The molecule has 2 N–H and O–H groups in total. The van der Waals surface area contributed by atoms with Gasteiger partial charge in [0.25, 0.3) is 0 Å². The van der Waals surface area contributed by atoms with Gasteiger partial charge in [0, 0.05) is 22.8 Å². The van der Waals surface area contributed by atoms with Gasteiger partial charge >= 0.3 is 12.1 Å². The maximum Gasteiger partial charge on any atom is 0.422 e. The molecule has 2 rings (SSSR count). The lowest BCUT2D eigenvalue weighted by atomic mass is 10.1. The van der Waals surface area contributed by atoms with Crippen LogP contribution in [0, 0.1) is 23.3 Å². The third kappa shape index (κ3) is 3.87. The fourth-order valence-corrected chi connectivity index (χ4v) is 2.35. The Hall–Kier alpha value is -2.69. The molecule has 0 radical (unpaired) electrons. The van der Waals surface area contributed by atoms with Gasteiger partial charge in [-0.25, -0.2) is 22.4 Å². The van der Waals surface area contributed by atoms with E-state index in [1.54, 1.807) is 0 Å². The van der Waals surface area contributed by atoms with Crippen LogP contribution in [0.15, 0.2) is 12.1 Å². The van der Waals surface area contributed by atoms with Gasteiger partial charge in [0.15, 0.2) is 23.3 Å². The second-order valence-electron chi connectivity index (χ2n) is 5.10. The van der Waals surface area contributed by atoms with E-state index < -0.39 is 69.4 Å². The van der Waals surface area contributed by atoms with Crippen molar-refractivity contribution in [2.45, 2.75) is 12.7 Å². The van der Waals surface area contributed by atoms with Crippen LogP contribution in [0.3, 0.4) is 0 Å². The summed E-state index contributed by atoms with van der Waals surface area (Å²) < 4.78 is 92.3. The second-order valence-corrected chi connectivity index (χ2v) is 5.51. The van der Waals surface area contributed by atoms with Gasteiger partial charge in [0.2, 0.25) is 0 Å². The lowest BCUT2D eigenvalue weighted by Crippen LogP contribution is -2.18. The van der Waals surface area contributed by atoms with Crippen LogP contribution in [-0.2, 0) is 12.7 Å². The number of rotatable bonds is 4. The molecule has 4 nitrogen and oxygen atoms in total. The van der Waals surface area contributed by atoms with Crippen molar-refractivity contribution in [1.82, 2.24) is 0 Å². The molecule has 0 atom stereocenters. The summed E-state index contributed by atoms with van der Waals surface area (Å²) >= 11 is 5.52. The summed E-state index contributed by atoms with van der Waals surface area (Å²) in [5.41, 5.74) is -5.21. The first-order valence-corrected chi connectivity index (χ1v) is 7.13. The zero-order valence-electron chi connectivity index (χ0n) is 12.6. The van der Waals surface area contributed by atoms with Crippen molar-refractivity contribution in [3.63, 3.8) is 0 Å². The van der Waals surface area contributed by atoms with Crippen molar-refractivity contribution in [3.05, 3.63) is 57.1 Å². The Morgan fingerprint density at radius 3 is 2.04 bits per heavy atom. The number of carbonyl (C=O) groups is 1. The third-order valence-electron chi connectivity index (χ3n) is 3.38. The van der Waals surface area contributed by atoms with E-state index in [1.807, 2.05) is 0 Å². The summed E-state index contributed by atoms with van der Waals surface area (Å²) in [6, 6.07) is 1.59. The van der Waals surface area contributed by atoms with E-state index in [0.717, 1.165) is 12.1 Å². The van der Waals surface area contributed by atoms with Crippen LogP contribution in [0.1, 0.15) is 21.5 Å². The molecule has 0 amide bonds. The van der Waals surface area contributed by atoms with Crippen molar-refractivity contribution in [1.29, 1.82) is 0 Å². The Balaban J connectivity index is 2.44. The van der Waals surface area contributed by atoms with E-state index in [2.05, 4.69) is 5.32 Å². The smallest absolute Gasteiger partial charge is 0.422 e. The number of carboxylic acids is 1. The van der Waals surface area contributed by atoms with Gasteiger partial charge in [-0.2, -0.15) is 13.2 Å². The van der Waals surface area contributed by atoms with Gasteiger partial charge in [-0.3, -0.25) is 0 Å². The minimum absolute atomic E-state index is 0.281. The third-order valence-corrected chi connectivity index (χ3v) is 3.66. The number of hydrogen-bond acceptors (Lipinski definition) is 3. The van der Waals surface area contributed by atoms with Crippen LogP contribution in [0.2, 0.25) is 5.02 Å².